The quantitative estimate of drug-likeness (QED) is 0.896. The van der Waals surface area contributed by atoms with Crippen molar-refractivity contribution in [2.24, 2.45) is 5.41 Å². The van der Waals surface area contributed by atoms with E-state index in [-0.39, 0.29) is 10.3 Å². The minimum absolute atomic E-state index is 0.158. The molecular formula is C13H20N2O3S. The van der Waals surface area contributed by atoms with E-state index in [1.54, 1.807) is 0 Å². The molecule has 0 amide bonds. The first kappa shape index (κ1) is 14.3. The summed E-state index contributed by atoms with van der Waals surface area (Å²) >= 11 is 0. The van der Waals surface area contributed by atoms with Crippen LogP contribution in [0.1, 0.15) is 33.1 Å². The molecule has 106 valence electrons. The van der Waals surface area contributed by atoms with Crippen molar-refractivity contribution >= 4 is 10.0 Å². The number of H-pyrrole nitrogens is 1. The highest BCUT2D eigenvalue weighted by molar-refractivity contribution is 7.89. The van der Waals surface area contributed by atoms with Gasteiger partial charge < -0.3 is 4.98 Å². The van der Waals surface area contributed by atoms with Crippen LogP contribution in [0, 0.1) is 5.41 Å². The van der Waals surface area contributed by atoms with E-state index in [9.17, 15) is 13.2 Å². The van der Waals surface area contributed by atoms with Gasteiger partial charge in [-0.1, -0.05) is 13.8 Å². The summed E-state index contributed by atoms with van der Waals surface area (Å²) in [5, 5.41) is 0. The summed E-state index contributed by atoms with van der Waals surface area (Å²) in [5.74, 6) is 0. The van der Waals surface area contributed by atoms with E-state index in [0.717, 1.165) is 19.3 Å². The Morgan fingerprint density at radius 2 is 2.00 bits per heavy atom. The van der Waals surface area contributed by atoms with Crippen LogP contribution < -0.4 is 5.43 Å². The molecule has 0 unspecified atom stereocenters. The van der Waals surface area contributed by atoms with Gasteiger partial charge in [0, 0.05) is 31.5 Å². The number of pyridine rings is 1. The van der Waals surface area contributed by atoms with Gasteiger partial charge in [-0.15, -0.1) is 0 Å². The highest BCUT2D eigenvalue weighted by Crippen LogP contribution is 2.31. The standard InChI is InChI=1S/C13H20N2O3S/c1-13(2)5-3-8-15(9-6-13)19(17,18)12-10-14-7-4-11(12)16/h4,7,10H,3,5-6,8-9H2,1-2H3,(H,14,16). The molecule has 1 aromatic rings. The van der Waals surface area contributed by atoms with Gasteiger partial charge in [0.25, 0.3) is 0 Å². The molecule has 1 aromatic heterocycles. The van der Waals surface area contributed by atoms with Crippen LogP contribution in [0.25, 0.3) is 0 Å². The lowest BCUT2D eigenvalue weighted by atomic mass is 9.85. The summed E-state index contributed by atoms with van der Waals surface area (Å²) in [4.78, 5) is 14.2. The highest BCUT2D eigenvalue weighted by atomic mass is 32.2. The second kappa shape index (κ2) is 5.09. The van der Waals surface area contributed by atoms with Gasteiger partial charge in [0.1, 0.15) is 4.90 Å². The lowest BCUT2D eigenvalue weighted by Crippen LogP contribution is -2.35. The molecule has 1 saturated heterocycles. The first-order valence-corrected chi connectivity index (χ1v) is 7.94. The molecular weight excluding hydrogens is 264 g/mol. The minimum Gasteiger partial charge on any atom is -0.366 e. The number of nitrogens with zero attached hydrogens (tertiary/aromatic N) is 1. The fourth-order valence-electron chi connectivity index (χ4n) is 2.38. The van der Waals surface area contributed by atoms with Crippen LogP contribution in [0.2, 0.25) is 0 Å². The Hall–Kier alpha value is -1.14. The lowest BCUT2D eigenvalue weighted by molar-refractivity contribution is 0.314. The number of aromatic nitrogens is 1. The summed E-state index contributed by atoms with van der Waals surface area (Å²) < 4.78 is 26.4. The average molecular weight is 284 g/mol. The topological polar surface area (TPSA) is 70.2 Å². The first-order valence-electron chi connectivity index (χ1n) is 6.50. The number of hydrogen-bond acceptors (Lipinski definition) is 3. The second-order valence-electron chi connectivity index (χ2n) is 5.79. The van der Waals surface area contributed by atoms with Gasteiger partial charge in [-0.25, -0.2) is 8.42 Å². The molecule has 2 heterocycles. The zero-order valence-corrected chi connectivity index (χ0v) is 12.2. The SMILES string of the molecule is CC1(C)CCCN(S(=O)(=O)c2c[nH]ccc2=O)CC1. The normalized spacial score (nSPS) is 20.9. The van der Waals surface area contributed by atoms with Crippen LogP contribution >= 0.6 is 0 Å². The maximum Gasteiger partial charge on any atom is 0.248 e. The summed E-state index contributed by atoms with van der Waals surface area (Å²) in [5.41, 5.74) is -0.296. The van der Waals surface area contributed by atoms with Gasteiger partial charge >= 0.3 is 0 Å². The van der Waals surface area contributed by atoms with Crippen LogP contribution in [-0.4, -0.2) is 30.8 Å². The molecule has 1 N–H and O–H groups in total. The van der Waals surface area contributed by atoms with Gasteiger partial charge in [-0.2, -0.15) is 4.31 Å². The molecule has 0 bridgehead atoms. The predicted octanol–water partition coefficient (Wildman–Crippen LogP) is 1.58. The predicted molar refractivity (Wildman–Crippen MR) is 73.5 cm³/mol. The van der Waals surface area contributed by atoms with E-state index in [2.05, 4.69) is 18.8 Å². The van der Waals surface area contributed by atoms with Crippen molar-refractivity contribution in [1.29, 1.82) is 0 Å². The maximum atomic E-state index is 12.5. The van der Waals surface area contributed by atoms with Crippen molar-refractivity contribution in [1.82, 2.24) is 9.29 Å². The zero-order valence-electron chi connectivity index (χ0n) is 11.3. The summed E-state index contributed by atoms with van der Waals surface area (Å²) in [6.07, 6.45) is 5.36. The van der Waals surface area contributed by atoms with Crippen LogP contribution in [0.15, 0.2) is 28.2 Å². The van der Waals surface area contributed by atoms with Crippen molar-refractivity contribution in [3.05, 3.63) is 28.7 Å². The molecule has 0 saturated carbocycles. The third kappa shape index (κ3) is 3.06. The van der Waals surface area contributed by atoms with Gasteiger partial charge in [0.05, 0.1) is 0 Å². The number of rotatable bonds is 2. The smallest absolute Gasteiger partial charge is 0.248 e. The molecule has 19 heavy (non-hydrogen) atoms. The summed E-state index contributed by atoms with van der Waals surface area (Å²) in [6.45, 7) is 5.26. The molecule has 0 spiro atoms. The third-order valence-electron chi connectivity index (χ3n) is 3.71. The molecule has 0 atom stereocenters. The van der Waals surface area contributed by atoms with Crippen LogP contribution in [-0.2, 0) is 10.0 Å². The van der Waals surface area contributed by atoms with E-state index in [4.69, 9.17) is 0 Å². The number of nitrogens with one attached hydrogen (secondary N) is 1. The first-order chi connectivity index (χ1) is 8.83. The minimum atomic E-state index is -3.68. The van der Waals surface area contributed by atoms with E-state index in [1.807, 2.05) is 0 Å². The zero-order chi connectivity index (χ0) is 14.1. The Balaban J connectivity index is 2.31. The second-order valence-corrected chi connectivity index (χ2v) is 7.70. The molecule has 0 aromatic carbocycles. The maximum absolute atomic E-state index is 12.5. The Labute approximate surface area is 113 Å². The summed E-state index contributed by atoms with van der Waals surface area (Å²) in [7, 11) is -3.68. The number of sulfonamides is 1. The highest BCUT2D eigenvalue weighted by Gasteiger charge is 2.31. The van der Waals surface area contributed by atoms with Crippen molar-refractivity contribution in [2.75, 3.05) is 13.1 Å². The van der Waals surface area contributed by atoms with Crippen molar-refractivity contribution in [2.45, 2.75) is 38.0 Å². The van der Waals surface area contributed by atoms with Gasteiger partial charge in [0.15, 0.2) is 0 Å². The van der Waals surface area contributed by atoms with Crippen LogP contribution in [0.5, 0.6) is 0 Å². The molecule has 1 aliphatic heterocycles. The van der Waals surface area contributed by atoms with Crippen LogP contribution in [0.4, 0.5) is 0 Å². The number of hydrogen-bond donors (Lipinski definition) is 1. The lowest BCUT2D eigenvalue weighted by Gasteiger charge is -2.22. The van der Waals surface area contributed by atoms with Crippen LogP contribution in [0.3, 0.4) is 0 Å². The Morgan fingerprint density at radius 3 is 2.68 bits per heavy atom. The molecule has 1 aliphatic rings. The third-order valence-corrected chi connectivity index (χ3v) is 5.62. The summed E-state index contributed by atoms with van der Waals surface area (Å²) in [6, 6.07) is 1.24. The fraction of sp³-hybridized carbons (Fsp3) is 0.615. The number of aromatic amines is 1. The van der Waals surface area contributed by atoms with E-state index in [1.165, 1.54) is 22.8 Å². The molecule has 6 heteroatoms. The van der Waals surface area contributed by atoms with Crippen molar-refractivity contribution in [3.63, 3.8) is 0 Å². The molecule has 0 radical (unpaired) electrons. The Bertz CT molecular complexity index is 604. The average Bonchev–Trinajstić information content (AvgIpc) is 2.51. The molecule has 0 aliphatic carbocycles. The van der Waals surface area contributed by atoms with Gasteiger partial charge in [-0.05, 0) is 24.7 Å². The van der Waals surface area contributed by atoms with Gasteiger partial charge in [0.2, 0.25) is 15.5 Å². The van der Waals surface area contributed by atoms with E-state index >= 15 is 0 Å². The fourth-order valence-corrected chi connectivity index (χ4v) is 3.90. The molecule has 1 fully saturated rings. The Kier molecular flexibility index (Phi) is 3.82. The Morgan fingerprint density at radius 1 is 1.26 bits per heavy atom. The van der Waals surface area contributed by atoms with Crippen molar-refractivity contribution in [3.8, 4) is 0 Å². The molecule has 2 rings (SSSR count). The largest absolute Gasteiger partial charge is 0.366 e. The van der Waals surface area contributed by atoms with Crippen molar-refractivity contribution < 1.29 is 8.42 Å². The van der Waals surface area contributed by atoms with Gasteiger partial charge in [-0.3, -0.25) is 4.79 Å². The molecule has 5 nitrogen and oxygen atoms in total. The van der Waals surface area contributed by atoms with E-state index in [0.29, 0.717) is 13.1 Å². The monoisotopic (exact) mass is 284 g/mol. The van der Waals surface area contributed by atoms with E-state index < -0.39 is 15.5 Å².